The summed E-state index contributed by atoms with van der Waals surface area (Å²) in [6.45, 7) is 2.37. The van der Waals surface area contributed by atoms with Gasteiger partial charge in [-0.25, -0.2) is 4.98 Å². The average molecular weight is 311 g/mol. The number of hydrogen-bond donors (Lipinski definition) is 1. The Bertz CT molecular complexity index is 671. The second kappa shape index (κ2) is 6.14. The van der Waals surface area contributed by atoms with Crippen molar-refractivity contribution < 1.29 is 13.2 Å². The summed E-state index contributed by atoms with van der Waals surface area (Å²) < 4.78 is 37.8. The minimum absolute atomic E-state index is 0.0317. The van der Waals surface area contributed by atoms with Crippen molar-refractivity contribution in [1.29, 1.82) is 5.26 Å². The molecule has 0 saturated carbocycles. The molecule has 0 radical (unpaired) electrons. The molecule has 0 aliphatic carbocycles. The van der Waals surface area contributed by atoms with Gasteiger partial charge in [0.2, 0.25) is 0 Å². The summed E-state index contributed by atoms with van der Waals surface area (Å²) in [6.07, 6.45) is -3.61. The van der Waals surface area contributed by atoms with Crippen molar-refractivity contribution in [1.82, 2.24) is 4.98 Å². The van der Waals surface area contributed by atoms with Crippen LogP contribution < -0.4 is 5.32 Å². The van der Waals surface area contributed by atoms with Gasteiger partial charge in [-0.1, -0.05) is 6.92 Å². The number of alkyl halides is 3. The predicted molar refractivity (Wildman–Crippen MR) is 75.0 cm³/mol. The van der Waals surface area contributed by atoms with Crippen LogP contribution in [0, 0.1) is 11.3 Å². The number of nitriles is 1. The Hall–Kier alpha value is -2.07. The molecule has 0 saturated heterocycles. The van der Waals surface area contributed by atoms with Gasteiger partial charge in [-0.05, 0) is 24.6 Å². The zero-order valence-electron chi connectivity index (χ0n) is 11.2. The molecule has 0 aliphatic heterocycles. The molecular weight excluding hydrogens is 299 g/mol. The predicted octanol–water partition coefficient (Wildman–Crippen LogP) is 4.21. The first-order valence-electron chi connectivity index (χ1n) is 6.22. The third-order valence-corrected chi connectivity index (χ3v) is 3.87. The summed E-state index contributed by atoms with van der Waals surface area (Å²) in [6, 6.07) is 4.86. The van der Waals surface area contributed by atoms with E-state index in [-0.39, 0.29) is 5.56 Å². The fourth-order valence-electron chi connectivity index (χ4n) is 1.75. The molecule has 0 unspecified atom stereocenters. The number of hydrogen-bond acceptors (Lipinski definition) is 4. The molecule has 0 bridgehead atoms. The maximum absolute atomic E-state index is 12.6. The smallest absolute Gasteiger partial charge is 0.378 e. The van der Waals surface area contributed by atoms with E-state index in [1.165, 1.54) is 17.4 Å². The first-order chi connectivity index (χ1) is 9.94. The van der Waals surface area contributed by atoms with E-state index >= 15 is 0 Å². The lowest BCUT2D eigenvalue weighted by atomic mass is 10.1. The molecule has 1 aromatic heterocycles. The van der Waals surface area contributed by atoms with E-state index in [0.29, 0.717) is 12.2 Å². The van der Waals surface area contributed by atoms with E-state index in [4.69, 9.17) is 5.26 Å². The van der Waals surface area contributed by atoms with Gasteiger partial charge < -0.3 is 5.32 Å². The molecule has 0 aliphatic rings. The van der Waals surface area contributed by atoms with Gasteiger partial charge in [0.15, 0.2) is 0 Å². The van der Waals surface area contributed by atoms with Crippen LogP contribution in [0.5, 0.6) is 0 Å². The van der Waals surface area contributed by atoms with Crippen molar-refractivity contribution in [2.45, 2.75) is 26.1 Å². The molecule has 2 rings (SSSR count). The number of aromatic nitrogens is 1. The minimum atomic E-state index is -4.45. The minimum Gasteiger partial charge on any atom is -0.378 e. The summed E-state index contributed by atoms with van der Waals surface area (Å²) >= 11 is 1.54. The zero-order chi connectivity index (χ0) is 15.5. The number of halogens is 3. The van der Waals surface area contributed by atoms with Gasteiger partial charge >= 0.3 is 6.18 Å². The molecule has 2 aromatic rings. The normalized spacial score (nSPS) is 11.2. The number of rotatable bonds is 4. The van der Waals surface area contributed by atoms with Crippen molar-refractivity contribution in [2.24, 2.45) is 0 Å². The van der Waals surface area contributed by atoms with Gasteiger partial charge in [0.25, 0.3) is 0 Å². The van der Waals surface area contributed by atoms with Crippen LogP contribution in [0.2, 0.25) is 0 Å². The second-order valence-electron chi connectivity index (χ2n) is 4.31. The second-order valence-corrected chi connectivity index (χ2v) is 5.25. The van der Waals surface area contributed by atoms with E-state index in [9.17, 15) is 13.2 Å². The van der Waals surface area contributed by atoms with E-state index in [0.717, 1.165) is 29.3 Å². The van der Waals surface area contributed by atoms with E-state index in [2.05, 4.69) is 10.3 Å². The zero-order valence-corrected chi connectivity index (χ0v) is 12.0. The first kappa shape index (κ1) is 15.3. The Morgan fingerprint density at radius 3 is 2.71 bits per heavy atom. The number of nitrogens with zero attached hydrogens (tertiary/aromatic N) is 2. The first-order valence-corrected chi connectivity index (χ1v) is 7.10. The molecule has 1 heterocycles. The average Bonchev–Trinajstić information content (AvgIpc) is 2.92. The molecule has 0 atom stereocenters. The number of benzene rings is 1. The van der Waals surface area contributed by atoms with Crippen LogP contribution in [0.1, 0.15) is 28.8 Å². The fourth-order valence-corrected chi connectivity index (χ4v) is 2.49. The van der Waals surface area contributed by atoms with E-state index in [1.807, 2.05) is 12.3 Å². The Labute approximate surface area is 124 Å². The SMILES string of the molecule is CCc1nc(CNc2ccc(C(F)(F)F)cc2C#N)cs1. The maximum atomic E-state index is 12.6. The summed E-state index contributed by atoms with van der Waals surface area (Å²) in [4.78, 5) is 4.35. The molecule has 0 spiro atoms. The van der Waals surface area contributed by atoms with Crippen molar-refractivity contribution in [3.8, 4) is 6.07 Å². The number of aryl methyl sites for hydroxylation is 1. The van der Waals surface area contributed by atoms with Crippen LogP contribution in [0.25, 0.3) is 0 Å². The Morgan fingerprint density at radius 2 is 2.14 bits per heavy atom. The van der Waals surface area contributed by atoms with Crippen molar-refractivity contribution in [3.05, 3.63) is 45.4 Å². The molecule has 1 aromatic carbocycles. The summed E-state index contributed by atoms with van der Waals surface area (Å²) in [5.41, 5.74) is 0.319. The fraction of sp³-hybridized carbons (Fsp3) is 0.286. The molecule has 7 heteroatoms. The number of nitrogens with one attached hydrogen (secondary N) is 1. The molecule has 3 nitrogen and oxygen atoms in total. The molecule has 1 N–H and O–H groups in total. The highest BCUT2D eigenvalue weighted by Gasteiger charge is 2.31. The Morgan fingerprint density at radius 1 is 1.38 bits per heavy atom. The lowest BCUT2D eigenvalue weighted by Crippen LogP contribution is -2.07. The van der Waals surface area contributed by atoms with Gasteiger partial charge in [-0.3, -0.25) is 0 Å². The van der Waals surface area contributed by atoms with Gasteiger partial charge in [0, 0.05) is 5.38 Å². The lowest BCUT2D eigenvalue weighted by Gasteiger charge is -2.11. The third kappa shape index (κ3) is 3.73. The Balaban J connectivity index is 2.15. The maximum Gasteiger partial charge on any atom is 0.416 e. The summed E-state index contributed by atoms with van der Waals surface area (Å²) in [5, 5.41) is 14.8. The van der Waals surface area contributed by atoms with E-state index in [1.54, 1.807) is 6.07 Å². The molecule has 0 fully saturated rings. The summed E-state index contributed by atoms with van der Waals surface area (Å²) in [7, 11) is 0. The summed E-state index contributed by atoms with van der Waals surface area (Å²) in [5.74, 6) is 0. The molecule has 21 heavy (non-hydrogen) atoms. The molecule has 110 valence electrons. The monoisotopic (exact) mass is 311 g/mol. The lowest BCUT2D eigenvalue weighted by molar-refractivity contribution is -0.137. The Kier molecular flexibility index (Phi) is 4.48. The van der Waals surface area contributed by atoms with Crippen LogP contribution in [0.3, 0.4) is 0 Å². The largest absolute Gasteiger partial charge is 0.416 e. The van der Waals surface area contributed by atoms with Gasteiger partial charge in [0.1, 0.15) is 6.07 Å². The van der Waals surface area contributed by atoms with E-state index < -0.39 is 11.7 Å². The van der Waals surface area contributed by atoms with Gasteiger partial charge in [0.05, 0.1) is 34.1 Å². The van der Waals surface area contributed by atoms with Crippen molar-refractivity contribution in [2.75, 3.05) is 5.32 Å². The van der Waals surface area contributed by atoms with Crippen molar-refractivity contribution in [3.63, 3.8) is 0 Å². The van der Waals surface area contributed by atoms with Gasteiger partial charge in [-0.15, -0.1) is 11.3 Å². The molecular formula is C14H12F3N3S. The van der Waals surface area contributed by atoms with Crippen LogP contribution in [0.4, 0.5) is 18.9 Å². The number of thiazole rings is 1. The van der Waals surface area contributed by atoms with Crippen LogP contribution in [-0.2, 0) is 19.1 Å². The standard InChI is InChI=1S/C14H12F3N3S/c1-2-13-20-11(8-21-13)7-19-12-4-3-10(14(15,16)17)5-9(12)6-18/h3-5,8,19H,2,7H2,1H3. The van der Waals surface area contributed by atoms with Gasteiger partial charge in [-0.2, -0.15) is 18.4 Å². The van der Waals surface area contributed by atoms with Crippen LogP contribution >= 0.6 is 11.3 Å². The third-order valence-electron chi connectivity index (χ3n) is 2.83. The number of anilines is 1. The quantitative estimate of drug-likeness (QED) is 0.920. The topological polar surface area (TPSA) is 48.7 Å². The molecule has 0 amide bonds. The highest BCUT2D eigenvalue weighted by Crippen LogP contribution is 2.31. The highest BCUT2D eigenvalue weighted by molar-refractivity contribution is 7.09. The van der Waals surface area contributed by atoms with Crippen LogP contribution in [-0.4, -0.2) is 4.98 Å². The van der Waals surface area contributed by atoms with Crippen LogP contribution in [0.15, 0.2) is 23.6 Å². The van der Waals surface area contributed by atoms with Crippen molar-refractivity contribution >= 4 is 17.0 Å². The highest BCUT2D eigenvalue weighted by atomic mass is 32.1.